The van der Waals surface area contributed by atoms with Crippen LogP contribution in [0.15, 0.2) is 16.9 Å². The summed E-state index contributed by atoms with van der Waals surface area (Å²) in [5.41, 5.74) is 1.09. The van der Waals surface area contributed by atoms with Gasteiger partial charge in [-0.3, -0.25) is 4.68 Å². The SMILES string of the molecule is CCOC(=O)c1nc([C@H](C)Cn2cc(C)cn2)no1. The highest BCUT2D eigenvalue weighted by atomic mass is 16.6. The van der Waals surface area contributed by atoms with Gasteiger partial charge in [-0.1, -0.05) is 12.1 Å². The number of ether oxygens (including phenoxy) is 1. The summed E-state index contributed by atoms with van der Waals surface area (Å²) in [5.74, 6) is -0.244. The molecule has 7 nitrogen and oxygen atoms in total. The molecule has 0 saturated heterocycles. The lowest BCUT2D eigenvalue weighted by atomic mass is 10.2. The van der Waals surface area contributed by atoms with Gasteiger partial charge in [-0.2, -0.15) is 10.1 Å². The highest BCUT2D eigenvalue weighted by molar-refractivity contribution is 5.83. The van der Waals surface area contributed by atoms with Crippen molar-refractivity contribution in [2.24, 2.45) is 0 Å². The summed E-state index contributed by atoms with van der Waals surface area (Å²) >= 11 is 0. The van der Waals surface area contributed by atoms with E-state index < -0.39 is 5.97 Å². The standard InChI is InChI=1S/C12H16N4O3/c1-4-18-12(17)11-14-10(15-19-11)9(3)7-16-6-8(2)5-13-16/h5-6,9H,4,7H2,1-3H3/t9-/m1/s1. The Morgan fingerprint density at radius 3 is 3.00 bits per heavy atom. The first-order valence-corrected chi connectivity index (χ1v) is 6.10. The summed E-state index contributed by atoms with van der Waals surface area (Å²) in [4.78, 5) is 15.4. The van der Waals surface area contributed by atoms with Crippen molar-refractivity contribution in [3.8, 4) is 0 Å². The number of hydrogen-bond acceptors (Lipinski definition) is 6. The van der Waals surface area contributed by atoms with Crippen LogP contribution in [0, 0.1) is 6.92 Å². The second-order valence-electron chi connectivity index (χ2n) is 4.32. The van der Waals surface area contributed by atoms with Crippen molar-refractivity contribution in [3.05, 3.63) is 29.7 Å². The van der Waals surface area contributed by atoms with Gasteiger partial charge in [0.05, 0.1) is 19.3 Å². The van der Waals surface area contributed by atoms with Crippen LogP contribution in [0.4, 0.5) is 0 Å². The van der Waals surface area contributed by atoms with Gasteiger partial charge in [0, 0.05) is 12.1 Å². The fourth-order valence-corrected chi connectivity index (χ4v) is 1.64. The monoisotopic (exact) mass is 264 g/mol. The molecule has 102 valence electrons. The summed E-state index contributed by atoms with van der Waals surface area (Å²) in [6.45, 7) is 6.53. The molecule has 1 atom stereocenters. The van der Waals surface area contributed by atoms with E-state index >= 15 is 0 Å². The molecule has 19 heavy (non-hydrogen) atoms. The summed E-state index contributed by atoms with van der Waals surface area (Å²) in [7, 11) is 0. The smallest absolute Gasteiger partial charge is 0.397 e. The van der Waals surface area contributed by atoms with E-state index in [9.17, 15) is 4.79 Å². The molecule has 2 heterocycles. The molecule has 2 rings (SSSR count). The maximum atomic E-state index is 11.4. The van der Waals surface area contributed by atoms with Crippen LogP contribution in [0.1, 0.15) is 41.8 Å². The molecule has 0 N–H and O–H groups in total. The first-order chi connectivity index (χ1) is 9.10. The fraction of sp³-hybridized carbons (Fsp3) is 0.500. The van der Waals surface area contributed by atoms with Crippen molar-refractivity contribution >= 4 is 5.97 Å². The Balaban J connectivity index is 2.03. The van der Waals surface area contributed by atoms with E-state index in [2.05, 4.69) is 15.2 Å². The summed E-state index contributed by atoms with van der Waals surface area (Å²) in [6, 6.07) is 0. The second kappa shape index (κ2) is 5.64. The zero-order chi connectivity index (χ0) is 13.8. The Morgan fingerprint density at radius 1 is 1.58 bits per heavy atom. The van der Waals surface area contributed by atoms with Crippen LogP contribution >= 0.6 is 0 Å². The van der Waals surface area contributed by atoms with Gasteiger partial charge in [0.2, 0.25) is 0 Å². The molecule has 2 aromatic rings. The lowest BCUT2D eigenvalue weighted by molar-refractivity contribution is 0.0470. The van der Waals surface area contributed by atoms with E-state index in [4.69, 9.17) is 9.26 Å². The van der Waals surface area contributed by atoms with Crippen LogP contribution in [0.25, 0.3) is 0 Å². The molecule has 7 heteroatoms. The third-order valence-electron chi connectivity index (χ3n) is 2.56. The number of carbonyl (C=O) groups excluding carboxylic acids is 1. The predicted molar refractivity (Wildman–Crippen MR) is 65.6 cm³/mol. The van der Waals surface area contributed by atoms with Crippen LogP contribution in [0.5, 0.6) is 0 Å². The molecular formula is C12H16N4O3. The molecule has 0 amide bonds. The first-order valence-electron chi connectivity index (χ1n) is 6.10. The van der Waals surface area contributed by atoms with Crippen molar-refractivity contribution in [2.45, 2.75) is 33.2 Å². The number of hydrogen-bond donors (Lipinski definition) is 0. The normalized spacial score (nSPS) is 12.4. The molecule has 2 aromatic heterocycles. The predicted octanol–water partition coefficient (Wildman–Crippen LogP) is 1.55. The molecule has 0 aliphatic carbocycles. The van der Waals surface area contributed by atoms with E-state index in [0.717, 1.165) is 5.56 Å². The van der Waals surface area contributed by atoms with E-state index in [1.54, 1.807) is 17.8 Å². The number of esters is 1. The van der Waals surface area contributed by atoms with E-state index in [1.165, 1.54) is 0 Å². The Labute approximate surface area is 110 Å². The minimum atomic E-state index is -0.594. The first kappa shape index (κ1) is 13.3. The summed E-state index contributed by atoms with van der Waals surface area (Å²) < 4.78 is 11.5. The largest absolute Gasteiger partial charge is 0.459 e. The van der Waals surface area contributed by atoms with Crippen molar-refractivity contribution < 1.29 is 14.1 Å². The molecule has 0 fully saturated rings. The average molecular weight is 264 g/mol. The van der Waals surface area contributed by atoms with Gasteiger partial charge in [0.1, 0.15) is 0 Å². The lowest BCUT2D eigenvalue weighted by Crippen LogP contribution is -2.09. The Hall–Kier alpha value is -2.18. The van der Waals surface area contributed by atoms with E-state index in [0.29, 0.717) is 12.4 Å². The maximum absolute atomic E-state index is 11.4. The maximum Gasteiger partial charge on any atom is 0.397 e. The molecule has 0 saturated carbocycles. The number of nitrogens with zero attached hydrogens (tertiary/aromatic N) is 4. The zero-order valence-electron chi connectivity index (χ0n) is 11.2. The third-order valence-corrected chi connectivity index (χ3v) is 2.56. The minimum Gasteiger partial charge on any atom is -0.459 e. The molecule has 0 bridgehead atoms. The minimum absolute atomic E-state index is 0.00812. The number of aromatic nitrogens is 4. The van der Waals surface area contributed by atoms with Crippen molar-refractivity contribution in [1.29, 1.82) is 0 Å². The molecule has 0 radical (unpaired) electrons. The topological polar surface area (TPSA) is 83.0 Å². The highest BCUT2D eigenvalue weighted by Crippen LogP contribution is 2.14. The molecule has 0 aromatic carbocycles. The molecule has 0 spiro atoms. The molecule has 0 unspecified atom stereocenters. The average Bonchev–Trinajstić information content (AvgIpc) is 2.98. The number of aryl methyl sites for hydroxylation is 1. The van der Waals surface area contributed by atoms with Gasteiger partial charge in [-0.25, -0.2) is 4.79 Å². The van der Waals surface area contributed by atoms with Crippen LogP contribution in [-0.4, -0.2) is 32.5 Å². The van der Waals surface area contributed by atoms with Gasteiger partial charge in [-0.15, -0.1) is 0 Å². The van der Waals surface area contributed by atoms with Crippen molar-refractivity contribution in [2.75, 3.05) is 6.61 Å². The number of carbonyl (C=O) groups is 1. The second-order valence-corrected chi connectivity index (χ2v) is 4.32. The van der Waals surface area contributed by atoms with Crippen LogP contribution in [0.3, 0.4) is 0 Å². The Bertz CT molecular complexity index is 561. The molecule has 0 aliphatic rings. The summed E-state index contributed by atoms with van der Waals surface area (Å²) in [6.07, 6.45) is 3.72. The van der Waals surface area contributed by atoms with Crippen LogP contribution in [-0.2, 0) is 11.3 Å². The number of rotatable bonds is 5. The molecule has 0 aliphatic heterocycles. The molecular weight excluding hydrogens is 248 g/mol. The van der Waals surface area contributed by atoms with Crippen molar-refractivity contribution in [1.82, 2.24) is 19.9 Å². The quantitative estimate of drug-likeness (QED) is 0.762. The van der Waals surface area contributed by atoms with Crippen LogP contribution < -0.4 is 0 Å². The van der Waals surface area contributed by atoms with Gasteiger partial charge >= 0.3 is 11.9 Å². The van der Waals surface area contributed by atoms with E-state index in [1.807, 2.05) is 20.0 Å². The van der Waals surface area contributed by atoms with E-state index in [-0.39, 0.29) is 18.4 Å². The van der Waals surface area contributed by atoms with Crippen molar-refractivity contribution in [3.63, 3.8) is 0 Å². The van der Waals surface area contributed by atoms with Gasteiger partial charge in [0.15, 0.2) is 5.82 Å². The van der Waals surface area contributed by atoms with Gasteiger partial charge < -0.3 is 9.26 Å². The fourth-order valence-electron chi connectivity index (χ4n) is 1.64. The lowest BCUT2D eigenvalue weighted by Gasteiger charge is -2.06. The van der Waals surface area contributed by atoms with Crippen LogP contribution in [0.2, 0.25) is 0 Å². The van der Waals surface area contributed by atoms with Gasteiger partial charge in [-0.05, 0) is 19.4 Å². The summed E-state index contributed by atoms with van der Waals surface area (Å²) in [5, 5.41) is 7.99. The zero-order valence-corrected chi connectivity index (χ0v) is 11.2. The Kier molecular flexibility index (Phi) is 3.94. The Morgan fingerprint density at radius 2 is 2.37 bits per heavy atom. The highest BCUT2D eigenvalue weighted by Gasteiger charge is 2.20. The van der Waals surface area contributed by atoms with Gasteiger partial charge in [0.25, 0.3) is 0 Å². The third kappa shape index (κ3) is 3.18.